The summed E-state index contributed by atoms with van der Waals surface area (Å²) < 4.78 is 0. The Bertz CT molecular complexity index is 592. The molecule has 98 valence electrons. The van der Waals surface area contributed by atoms with Crippen LogP contribution in [0.3, 0.4) is 0 Å². The highest BCUT2D eigenvalue weighted by molar-refractivity contribution is 5.50. The van der Waals surface area contributed by atoms with Gasteiger partial charge in [0.25, 0.3) is 0 Å². The van der Waals surface area contributed by atoms with Gasteiger partial charge in [0.05, 0.1) is 0 Å². The minimum Gasteiger partial charge on any atom is -0.398 e. The van der Waals surface area contributed by atoms with E-state index < -0.39 is 0 Å². The number of aromatic nitrogens is 1. The summed E-state index contributed by atoms with van der Waals surface area (Å²) in [5, 5.41) is 0. The highest BCUT2D eigenvalue weighted by Crippen LogP contribution is 2.24. The summed E-state index contributed by atoms with van der Waals surface area (Å²) >= 11 is 0. The average molecular weight is 253 g/mol. The molecule has 1 heterocycles. The van der Waals surface area contributed by atoms with Crippen LogP contribution < -0.4 is 10.6 Å². The number of hydrogen-bond donors (Lipinski definition) is 1. The van der Waals surface area contributed by atoms with Crippen molar-refractivity contribution in [1.82, 2.24) is 4.98 Å². The number of nitrogens with zero attached hydrogens (tertiary/aromatic N) is 2. The zero-order valence-corrected chi connectivity index (χ0v) is 11.3. The number of pyridine rings is 1. The predicted octanol–water partition coefficient (Wildman–Crippen LogP) is 2.79. The predicted molar refractivity (Wildman–Crippen MR) is 79.2 cm³/mol. The number of hydrogen-bond acceptors (Lipinski definition) is 3. The Hall–Kier alpha value is -2.03. The number of nitrogen functional groups attached to an aromatic ring is 1. The molecule has 0 atom stereocenters. The summed E-state index contributed by atoms with van der Waals surface area (Å²) in [5.74, 6) is 1.03. The third kappa shape index (κ3) is 2.41. The summed E-state index contributed by atoms with van der Waals surface area (Å²) in [4.78, 5) is 6.92. The molecule has 1 aliphatic carbocycles. The molecule has 0 bridgehead atoms. The molecule has 0 aliphatic heterocycles. The Morgan fingerprint density at radius 2 is 2.00 bits per heavy atom. The van der Waals surface area contributed by atoms with Crippen molar-refractivity contribution in [2.45, 2.75) is 25.8 Å². The number of nitrogens with two attached hydrogens (primary N) is 1. The second kappa shape index (κ2) is 4.92. The van der Waals surface area contributed by atoms with Crippen LogP contribution in [0, 0.1) is 0 Å². The standard InChI is InChI=1S/C16H19N3/c1-19(11-13-5-2-3-7-14(13)17)16-10-9-12-6-4-8-15(12)18-16/h2-3,5,7,9-10H,4,6,8,11,17H2,1H3. The van der Waals surface area contributed by atoms with Gasteiger partial charge >= 0.3 is 0 Å². The highest BCUT2D eigenvalue weighted by atomic mass is 15.2. The van der Waals surface area contributed by atoms with Crippen molar-refractivity contribution in [1.29, 1.82) is 0 Å². The van der Waals surface area contributed by atoms with Crippen molar-refractivity contribution in [3.05, 3.63) is 53.2 Å². The summed E-state index contributed by atoms with van der Waals surface area (Å²) in [6.07, 6.45) is 3.53. The fourth-order valence-corrected chi connectivity index (χ4v) is 2.64. The van der Waals surface area contributed by atoms with Gasteiger partial charge in [0.1, 0.15) is 5.82 Å². The molecule has 2 aromatic rings. The number of fused-ring (bicyclic) bond motifs is 1. The first-order valence-corrected chi connectivity index (χ1v) is 6.77. The van der Waals surface area contributed by atoms with Gasteiger partial charge in [-0.1, -0.05) is 24.3 Å². The lowest BCUT2D eigenvalue weighted by atomic mass is 10.1. The molecule has 0 saturated heterocycles. The van der Waals surface area contributed by atoms with Crippen LogP contribution in [-0.2, 0) is 19.4 Å². The van der Waals surface area contributed by atoms with Crippen LogP contribution in [0.4, 0.5) is 11.5 Å². The third-order valence-corrected chi connectivity index (χ3v) is 3.77. The summed E-state index contributed by atoms with van der Waals surface area (Å²) in [7, 11) is 2.07. The molecule has 2 N–H and O–H groups in total. The van der Waals surface area contributed by atoms with Crippen LogP contribution in [0.15, 0.2) is 36.4 Å². The van der Waals surface area contributed by atoms with E-state index in [9.17, 15) is 0 Å². The Morgan fingerprint density at radius 1 is 1.16 bits per heavy atom. The lowest BCUT2D eigenvalue weighted by Gasteiger charge is -2.20. The Kier molecular flexibility index (Phi) is 3.11. The van der Waals surface area contributed by atoms with Crippen molar-refractivity contribution in [2.75, 3.05) is 17.7 Å². The van der Waals surface area contributed by atoms with Crippen LogP contribution in [0.25, 0.3) is 0 Å². The molecule has 3 rings (SSSR count). The smallest absolute Gasteiger partial charge is 0.128 e. The zero-order chi connectivity index (χ0) is 13.2. The van der Waals surface area contributed by atoms with Crippen molar-refractivity contribution in [3.8, 4) is 0 Å². The van der Waals surface area contributed by atoms with E-state index in [1.807, 2.05) is 18.2 Å². The Morgan fingerprint density at radius 3 is 2.84 bits per heavy atom. The first-order valence-electron chi connectivity index (χ1n) is 6.77. The summed E-state index contributed by atoms with van der Waals surface area (Å²) in [6.45, 7) is 0.790. The molecule has 1 aromatic carbocycles. The molecule has 0 unspecified atom stereocenters. The van der Waals surface area contributed by atoms with Gasteiger partial charge in [-0.05, 0) is 42.5 Å². The first-order chi connectivity index (χ1) is 9.24. The number of aryl methyl sites for hydroxylation is 2. The van der Waals surface area contributed by atoms with Crippen LogP contribution in [-0.4, -0.2) is 12.0 Å². The van der Waals surface area contributed by atoms with Crippen molar-refractivity contribution < 1.29 is 0 Å². The van der Waals surface area contributed by atoms with Gasteiger partial charge in [0.2, 0.25) is 0 Å². The molecular weight excluding hydrogens is 234 g/mol. The molecule has 3 heteroatoms. The highest BCUT2D eigenvalue weighted by Gasteiger charge is 2.14. The van der Waals surface area contributed by atoms with E-state index >= 15 is 0 Å². The van der Waals surface area contributed by atoms with Crippen LogP contribution in [0.5, 0.6) is 0 Å². The molecule has 0 amide bonds. The number of rotatable bonds is 3. The van der Waals surface area contributed by atoms with E-state index in [4.69, 9.17) is 10.7 Å². The minimum absolute atomic E-state index is 0.790. The fraction of sp³-hybridized carbons (Fsp3) is 0.312. The van der Waals surface area contributed by atoms with E-state index in [1.165, 1.54) is 24.1 Å². The Balaban J connectivity index is 1.81. The normalized spacial score (nSPS) is 13.3. The molecule has 0 fully saturated rings. The topological polar surface area (TPSA) is 42.1 Å². The van der Waals surface area contributed by atoms with Crippen molar-refractivity contribution in [3.63, 3.8) is 0 Å². The maximum absolute atomic E-state index is 5.99. The maximum Gasteiger partial charge on any atom is 0.128 e. The SMILES string of the molecule is CN(Cc1ccccc1N)c1ccc2c(n1)CCC2. The van der Waals surface area contributed by atoms with Gasteiger partial charge in [-0.15, -0.1) is 0 Å². The molecule has 0 saturated carbocycles. The fourth-order valence-electron chi connectivity index (χ4n) is 2.64. The second-order valence-electron chi connectivity index (χ2n) is 5.18. The monoisotopic (exact) mass is 253 g/mol. The van der Waals surface area contributed by atoms with E-state index in [1.54, 1.807) is 0 Å². The van der Waals surface area contributed by atoms with Gasteiger partial charge < -0.3 is 10.6 Å². The largest absolute Gasteiger partial charge is 0.398 e. The van der Waals surface area contributed by atoms with Gasteiger partial charge in [-0.2, -0.15) is 0 Å². The van der Waals surface area contributed by atoms with E-state index in [0.717, 1.165) is 30.0 Å². The van der Waals surface area contributed by atoms with Crippen LogP contribution in [0.2, 0.25) is 0 Å². The quantitative estimate of drug-likeness (QED) is 0.855. The van der Waals surface area contributed by atoms with E-state index in [-0.39, 0.29) is 0 Å². The molecular formula is C16H19N3. The van der Waals surface area contributed by atoms with Crippen molar-refractivity contribution in [2.24, 2.45) is 0 Å². The van der Waals surface area contributed by atoms with Crippen LogP contribution >= 0.6 is 0 Å². The van der Waals surface area contributed by atoms with E-state index in [0.29, 0.717) is 0 Å². The van der Waals surface area contributed by atoms with Gasteiger partial charge in [-0.25, -0.2) is 4.98 Å². The minimum atomic E-state index is 0.790. The van der Waals surface area contributed by atoms with Gasteiger partial charge in [0, 0.05) is 25.0 Å². The second-order valence-corrected chi connectivity index (χ2v) is 5.18. The number of benzene rings is 1. The lowest BCUT2D eigenvalue weighted by Crippen LogP contribution is -2.19. The molecule has 1 aromatic heterocycles. The molecule has 3 nitrogen and oxygen atoms in total. The summed E-state index contributed by atoms with van der Waals surface area (Å²) in [6, 6.07) is 12.3. The average Bonchev–Trinajstić information content (AvgIpc) is 2.88. The zero-order valence-electron chi connectivity index (χ0n) is 11.3. The lowest BCUT2D eigenvalue weighted by molar-refractivity contribution is 0.875. The Labute approximate surface area is 114 Å². The number of anilines is 2. The van der Waals surface area contributed by atoms with Crippen LogP contribution in [0.1, 0.15) is 23.2 Å². The molecule has 19 heavy (non-hydrogen) atoms. The van der Waals surface area contributed by atoms with Gasteiger partial charge in [0.15, 0.2) is 0 Å². The van der Waals surface area contributed by atoms with Crippen molar-refractivity contribution >= 4 is 11.5 Å². The summed E-state index contributed by atoms with van der Waals surface area (Å²) in [5.41, 5.74) is 10.7. The number of para-hydroxylation sites is 1. The maximum atomic E-state index is 5.99. The molecule has 0 radical (unpaired) electrons. The van der Waals surface area contributed by atoms with E-state index in [2.05, 4.69) is 30.1 Å². The molecule has 1 aliphatic rings. The third-order valence-electron chi connectivity index (χ3n) is 3.77. The first kappa shape index (κ1) is 12.0. The molecule has 0 spiro atoms. The van der Waals surface area contributed by atoms with Gasteiger partial charge in [-0.3, -0.25) is 0 Å².